The van der Waals surface area contributed by atoms with Gasteiger partial charge in [0.2, 0.25) is 10.0 Å². The molecule has 8 nitrogen and oxygen atoms in total. The molecule has 0 unspecified atom stereocenters. The summed E-state index contributed by atoms with van der Waals surface area (Å²) in [5.41, 5.74) is 2.70. The Morgan fingerprint density at radius 2 is 1.90 bits per heavy atom. The van der Waals surface area contributed by atoms with E-state index in [0.29, 0.717) is 37.4 Å². The molecule has 4 rings (SSSR count). The number of aromatic nitrogens is 3. The van der Waals surface area contributed by atoms with E-state index in [2.05, 4.69) is 15.4 Å². The lowest BCUT2D eigenvalue weighted by Crippen LogP contribution is -2.34. The van der Waals surface area contributed by atoms with Crippen molar-refractivity contribution >= 4 is 21.1 Å². The second-order valence-electron chi connectivity index (χ2n) is 7.32. The Morgan fingerprint density at radius 1 is 1.17 bits per heavy atom. The smallest absolute Gasteiger partial charge is 0.254 e. The summed E-state index contributed by atoms with van der Waals surface area (Å²) in [6.07, 6.45) is 1.86. The fourth-order valence-electron chi connectivity index (χ4n) is 3.67. The van der Waals surface area contributed by atoms with Crippen molar-refractivity contribution in [1.29, 1.82) is 0 Å². The molecular weight excluding hydrogens is 390 g/mol. The van der Waals surface area contributed by atoms with Gasteiger partial charge < -0.3 is 10.3 Å². The molecule has 0 radical (unpaired) electrons. The van der Waals surface area contributed by atoms with E-state index in [-0.39, 0.29) is 11.3 Å². The van der Waals surface area contributed by atoms with Gasteiger partial charge in [-0.05, 0) is 38.0 Å². The molecule has 1 fully saturated rings. The zero-order valence-corrected chi connectivity index (χ0v) is 17.2. The van der Waals surface area contributed by atoms with Crippen molar-refractivity contribution in [1.82, 2.24) is 24.4 Å². The third kappa shape index (κ3) is 4.12. The summed E-state index contributed by atoms with van der Waals surface area (Å²) in [5.74, 6) is 0.0398. The highest BCUT2D eigenvalue weighted by Gasteiger charge is 2.24. The molecule has 1 saturated heterocycles. The summed E-state index contributed by atoms with van der Waals surface area (Å²) in [7, 11) is -3.22. The van der Waals surface area contributed by atoms with Gasteiger partial charge in [0.25, 0.3) is 5.56 Å². The Bertz CT molecular complexity index is 1160. The number of pyridine rings is 1. The number of hydrogen-bond donors (Lipinski definition) is 2. The van der Waals surface area contributed by atoms with E-state index in [1.807, 2.05) is 43.3 Å². The quantitative estimate of drug-likeness (QED) is 0.570. The van der Waals surface area contributed by atoms with Gasteiger partial charge in [-0.2, -0.15) is 5.10 Å². The average molecular weight is 416 g/mol. The highest BCUT2D eigenvalue weighted by Crippen LogP contribution is 2.19. The minimum absolute atomic E-state index is 0.0398. The van der Waals surface area contributed by atoms with Crippen LogP contribution in [0.2, 0.25) is 0 Å². The molecular formula is C20H25N5O3S. The standard InChI is InChI=1S/C20H25N5O3S/c1-15-18-13-16(14-21-9-12-29(27,28)24-10-5-6-11-24)20(26)22-19(18)25(23-15)17-7-3-2-4-8-17/h2-4,7-8,13,21H,5-6,9-12,14H2,1H3,(H,22,26). The number of hydrogen-bond acceptors (Lipinski definition) is 5. The molecule has 0 spiro atoms. The van der Waals surface area contributed by atoms with Crippen LogP contribution >= 0.6 is 0 Å². The second-order valence-corrected chi connectivity index (χ2v) is 9.41. The molecule has 1 aliphatic heterocycles. The highest BCUT2D eigenvalue weighted by atomic mass is 32.2. The molecule has 0 bridgehead atoms. The van der Waals surface area contributed by atoms with Crippen LogP contribution in [0.3, 0.4) is 0 Å². The highest BCUT2D eigenvalue weighted by molar-refractivity contribution is 7.89. The summed E-state index contributed by atoms with van der Waals surface area (Å²) in [6, 6.07) is 11.5. The molecule has 154 valence electrons. The van der Waals surface area contributed by atoms with Gasteiger partial charge in [-0.3, -0.25) is 4.79 Å². The lowest BCUT2D eigenvalue weighted by molar-refractivity contribution is 0.475. The maximum atomic E-state index is 12.6. The van der Waals surface area contributed by atoms with Crippen LogP contribution < -0.4 is 10.9 Å². The summed E-state index contributed by atoms with van der Waals surface area (Å²) < 4.78 is 27.8. The first-order chi connectivity index (χ1) is 14.0. The molecule has 9 heteroatoms. The van der Waals surface area contributed by atoms with Crippen LogP contribution in [-0.4, -0.2) is 52.9 Å². The van der Waals surface area contributed by atoms with Crippen molar-refractivity contribution in [2.75, 3.05) is 25.4 Å². The molecule has 2 N–H and O–H groups in total. The summed E-state index contributed by atoms with van der Waals surface area (Å²) in [6.45, 7) is 3.74. The Labute approximate surface area is 169 Å². The lowest BCUT2D eigenvalue weighted by atomic mass is 10.2. The lowest BCUT2D eigenvalue weighted by Gasteiger charge is -2.15. The van der Waals surface area contributed by atoms with Gasteiger partial charge in [-0.25, -0.2) is 17.4 Å². The minimum atomic E-state index is -3.22. The Kier molecular flexibility index (Phi) is 5.53. The Morgan fingerprint density at radius 3 is 2.62 bits per heavy atom. The van der Waals surface area contributed by atoms with Gasteiger partial charge in [-0.1, -0.05) is 18.2 Å². The largest absolute Gasteiger partial charge is 0.311 e. The van der Waals surface area contributed by atoms with Gasteiger partial charge in [0.15, 0.2) is 0 Å². The molecule has 0 atom stereocenters. The number of aryl methyl sites for hydroxylation is 1. The van der Waals surface area contributed by atoms with Crippen LogP contribution in [0.25, 0.3) is 16.7 Å². The fraction of sp³-hybridized carbons (Fsp3) is 0.400. The Hall–Kier alpha value is -2.49. The van der Waals surface area contributed by atoms with E-state index in [1.54, 1.807) is 8.99 Å². The van der Waals surface area contributed by atoms with Crippen LogP contribution in [-0.2, 0) is 16.6 Å². The summed E-state index contributed by atoms with van der Waals surface area (Å²) >= 11 is 0. The number of H-pyrrole nitrogens is 1. The molecule has 1 aromatic carbocycles. The number of nitrogens with one attached hydrogen (secondary N) is 2. The van der Waals surface area contributed by atoms with Gasteiger partial charge >= 0.3 is 0 Å². The van der Waals surface area contributed by atoms with E-state index in [4.69, 9.17) is 0 Å². The zero-order chi connectivity index (χ0) is 20.4. The first kappa shape index (κ1) is 19.8. The van der Waals surface area contributed by atoms with Gasteiger partial charge in [-0.15, -0.1) is 0 Å². The number of sulfonamides is 1. The number of rotatable bonds is 7. The topological polar surface area (TPSA) is 100 Å². The predicted molar refractivity (Wildman–Crippen MR) is 113 cm³/mol. The first-order valence-electron chi connectivity index (χ1n) is 9.81. The molecule has 3 heterocycles. The van der Waals surface area contributed by atoms with Crippen LogP contribution in [0, 0.1) is 6.92 Å². The number of aromatic amines is 1. The third-order valence-electron chi connectivity index (χ3n) is 5.26. The van der Waals surface area contributed by atoms with Crippen LogP contribution in [0.1, 0.15) is 24.1 Å². The van der Waals surface area contributed by atoms with Crippen molar-refractivity contribution in [3.8, 4) is 5.69 Å². The second kappa shape index (κ2) is 8.10. The van der Waals surface area contributed by atoms with Crippen molar-refractivity contribution < 1.29 is 8.42 Å². The first-order valence-corrected chi connectivity index (χ1v) is 11.4. The van der Waals surface area contributed by atoms with Crippen molar-refractivity contribution in [2.45, 2.75) is 26.3 Å². The molecule has 0 aliphatic carbocycles. The van der Waals surface area contributed by atoms with Crippen LogP contribution in [0.5, 0.6) is 0 Å². The molecule has 1 aliphatic rings. The van der Waals surface area contributed by atoms with Gasteiger partial charge in [0.1, 0.15) is 5.65 Å². The maximum absolute atomic E-state index is 12.6. The van der Waals surface area contributed by atoms with Gasteiger partial charge in [0, 0.05) is 37.1 Å². The van der Waals surface area contributed by atoms with Crippen molar-refractivity contribution in [3.05, 3.63) is 58.0 Å². The van der Waals surface area contributed by atoms with E-state index in [9.17, 15) is 13.2 Å². The normalized spacial score (nSPS) is 15.3. The summed E-state index contributed by atoms with van der Waals surface area (Å²) in [5, 5.41) is 8.52. The van der Waals surface area contributed by atoms with Gasteiger partial charge in [0.05, 0.1) is 17.1 Å². The molecule has 0 amide bonds. The summed E-state index contributed by atoms with van der Waals surface area (Å²) in [4.78, 5) is 15.5. The molecule has 29 heavy (non-hydrogen) atoms. The van der Waals surface area contributed by atoms with Crippen LogP contribution in [0.4, 0.5) is 0 Å². The number of fused-ring (bicyclic) bond motifs is 1. The van der Waals surface area contributed by atoms with Crippen molar-refractivity contribution in [2.24, 2.45) is 0 Å². The minimum Gasteiger partial charge on any atom is -0.311 e. The predicted octanol–water partition coefficient (Wildman–Crippen LogP) is 1.54. The van der Waals surface area contributed by atoms with E-state index < -0.39 is 10.0 Å². The Balaban J connectivity index is 1.48. The average Bonchev–Trinajstić information content (AvgIpc) is 3.36. The zero-order valence-electron chi connectivity index (χ0n) is 16.4. The molecule has 2 aromatic heterocycles. The van der Waals surface area contributed by atoms with E-state index in [0.717, 1.165) is 29.6 Å². The molecule has 0 saturated carbocycles. The fourth-order valence-corrected chi connectivity index (χ4v) is 5.14. The van der Waals surface area contributed by atoms with Crippen molar-refractivity contribution in [3.63, 3.8) is 0 Å². The number of benzene rings is 1. The third-order valence-corrected chi connectivity index (χ3v) is 7.13. The monoisotopic (exact) mass is 415 g/mol. The number of para-hydroxylation sites is 1. The molecule has 3 aromatic rings. The number of nitrogens with zero attached hydrogens (tertiary/aromatic N) is 3. The van der Waals surface area contributed by atoms with E-state index in [1.165, 1.54) is 0 Å². The van der Waals surface area contributed by atoms with E-state index >= 15 is 0 Å². The maximum Gasteiger partial charge on any atom is 0.254 e. The SMILES string of the molecule is Cc1nn(-c2ccccc2)c2[nH]c(=O)c(CNCCS(=O)(=O)N3CCCC3)cc12. The van der Waals surface area contributed by atoms with Crippen LogP contribution in [0.15, 0.2) is 41.2 Å².